The van der Waals surface area contributed by atoms with E-state index >= 15 is 0 Å². The van der Waals surface area contributed by atoms with E-state index in [4.69, 9.17) is 9.47 Å². The third kappa shape index (κ3) is 8.16. The number of nitrogens with one attached hydrogen (secondary N) is 1. The molecule has 2 aromatic rings. The average Bonchev–Trinajstić information content (AvgIpc) is 3.37. The number of ether oxygens (including phenoxy) is 2. The highest BCUT2D eigenvalue weighted by atomic mass is 32.2. The van der Waals surface area contributed by atoms with Crippen molar-refractivity contribution in [1.29, 1.82) is 0 Å². The van der Waals surface area contributed by atoms with Gasteiger partial charge in [-0.25, -0.2) is 9.80 Å². The van der Waals surface area contributed by atoms with E-state index in [0.717, 1.165) is 11.1 Å². The highest BCUT2D eigenvalue weighted by Crippen LogP contribution is 2.36. The van der Waals surface area contributed by atoms with E-state index in [0.29, 0.717) is 17.9 Å². The zero-order chi connectivity index (χ0) is 27.7. The number of hydrogen-bond acceptors (Lipinski definition) is 8. The first kappa shape index (κ1) is 29.4. The molecule has 0 aromatic heterocycles. The number of esters is 2. The Kier molecular flexibility index (Phi) is 10.5. The maximum absolute atomic E-state index is 13.6. The Balaban J connectivity index is 1.73. The molecule has 1 amide bonds. The van der Waals surface area contributed by atoms with Crippen molar-refractivity contribution >= 4 is 34.7 Å². The number of hydrogen-bond donors (Lipinski definition) is 1. The fourth-order valence-corrected chi connectivity index (χ4v) is 4.92. The molecule has 38 heavy (non-hydrogen) atoms. The molecule has 0 aliphatic carbocycles. The highest BCUT2D eigenvalue weighted by molar-refractivity contribution is 8.15. The van der Waals surface area contributed by atoms with Gasteiger partial charge in [0.25, 0.3) is 5.91 Å². The summed E-state index contributed by atoms with van der Waals surface area (Å²) in [7, 11) is 0. The van der Waals surface area contributed by atoms with Gasteiger partial charge in [-0.3, -0.25) is 14.9 Å². The largest absolute Gasteiger partial charge is 0.465 e. The van der Waals surface area contributed by atoms with Crippen molar-refractivity contribution in [3.8, 4) is 0 Å². The lowest BCUT2D eigenvalue weighted by molar-refractivity contribution is -0.153. The van der Waals surface area contributed by atoms with Gasteiger partial charge in [0.2, 0.25) is 5.37 Å². The second-order valence-electron chi connectivity index (χ2n) is 10.1. The van der Waals surface area contributed by atoms with Gasteiger partial charge in [0, 0.05) is 5.41 Å². The molecule has 1 N–H and O–H groups in total. The molecule has 1 aliphatic heterocycles. The standard InChI is InChI=1S/C29H37N3O5S/c1-6-36-26(34)23(18-17-21-13-9-7-10-14-21)30-20(2)24(33)32-25(38-28(31-32)29(3,4)5)27(35)37-19-22-15-11-8-12-16-22/h7-16,20,23,25,30H,6,17-19H2,1-5H3/t20-,23-,25-/m0/s1. The molecule has 9 heteroatoms. The predicted octanol–water partition coefficient (Wildman–Crippen LogP) is 4.53. The molecule has 0 unspecified atom stereocenters. The van der Waals surface area contributed by atoms with E-state index in [1.807, 2.05) is 81.4 Å². The second kappa shape index (κ2) is 13.6. The fraction of sp³-hybridized carbons (Fsp3) is 0.448. The molecular weight excluding hydrogens is 502 g/mol. The molecule has 2 aromatic carbocycles. The summed E-state index contributed by atoms with van der Waals surface area (Å²) in [6.07, 6.45) is 1.09. The summed E-state index contributed by atoms with van der Waals surface area (Å²) in [6, 6.07) is 17.7. The van der Waals surface area contributed by atoms with E-state index in [1.54, 1.807) is 13.8 Å². The third-order valence-electron chi connectivity index (χ3n) is 5.89. The summed E-state index contributed by atoms with van der Waals surface area (Å²) in [5, 5.41) is 8.55. The average molecular weight is 540 g/mol. The van der Waals surface area contributed by atoms with Crippen molar-refractivity contribution in [2.24, 2.45) is 10.5 Å². The lowest BCUT2D eigenvalue weighted by Gasteiger charge is -2.26. The smallest absolute Gasteiger partial charge is 0.342 e. The van der Waals surface area contributed by atoms with Crippen LogP contribution in [0.5, 0.6) is 0 Å². The van der Waals surface area contributed by atoms with Gasteiger partial charge in [0.15, 0.2) is 0 Å². The number of carbonyl (C=O) groups is 3. The summed E-state index contributed by atoms with van der Waals surface area (Å²) < 4.78 is 10.8. The third-order valence-corrected chi connectivity index (χ3v) is 7.43. The van der Waals surface area contributed by atoms with Gasteiger partial charge < -0.3 is 9.47 Å². The number of rotatable bonds is 11. The highest BCUT2D eigenvalue weighted by Gasteiger charge is 2.43. The first-order valence-corrected chi connectivity index (χ1v) is 13.7. The Labute approximate surface area is 229 Å². The van der Waals surface area contributed by atoms with E-state index in [9.17, 15) is 14.4 Å². The number of aryl methyl sites for hydroxylation is 1. The van der Waals surface area contributed by atoms with E-state index < -0.39 is 35.3 Å². The maximum atomic E-state index is 13.6. The van der Waals surface area contributed by atoms with Crippen molar-refractivity contribution in [3.05, 3.63) is 71.8 Å². The van der Waals surface area contributed by atoms with Gasteiger partial charge in [0.1, 0.15) is 17.7 Å². The molecule has 8 nitrogen and oxygen atoms in total. The van der Waals surface area contributed by atoms with Crippen molar-refractivity contribution < 1.29 is 23.9 Å². The Morgan fingerprint density at radius 3 is 2.18 bits per heavy atom. The zero-order valence-corrected chi connectivity index (χ0v) is 23.5. The van der Waals surface area contributed by atoms with Crippen LogP contribution in [0.2, 0.25) is 0 Å². The van der Waals surface area contributed by atoms with Gasteiger partial charge in [-0.2, -0.15) is 5.10 Å². The van der Waals surface area contributed by atoms with Crippen LogP contribution >= 0.6 is 11.8 Å². The summed E-state index contributed by atoms with van der Waals surface area (Å²) in [6.45, 7) is 9.67. The van der Waals surface area contributed by atoms with Crippen LogP contribution in [0.25, 0.3) is 0 Å². The zero-order valence-electron chi connectivity index (χ0n) is 22.7. The molecule has 3 rings (SSSR count). The Morgan fingerprint density at radius 2 is 1.61 bits per heavy atom. The van der Waals surface area contributed by atoms with Crippen molar-refractivity contribution in [2.45, 2.75) is 71.5 Å². The number of nitrogens with zero attached hydrogens (tertiary/aromatic N) is 2. The Morgan fingerprint density at radius 1 is 1.00 bits per heavy atom. The van der Waals surface area contributed by atoms with Crippen LogP contribution in [-0.4, -0.2) is 52.0 Å². The minimum Gasteiger partial charge on any atom is -0.465 e. The van der Waals surface area contributed by atoms with Crippen LogP contribution in [0.4, 0.5) is 0 Å². The minimum absolute atomic E-state index is 0.0990. The first-order chi connectivity index (χ1) is 18.1. The van der Waals surface area contributed by atoms with E-state index in [2.05, 4.69) is 10.4 Å². The molecule has 1 aliphatic rings. The maximum Gasteiger partial charge on any atom is 0.342 e. The quantitative estimate of drug-likeness (QED) is 0.419. The molecule has 0 bridgehead atoms. The minimum atomic E-state index is -0.949. The second-order valence-corrected chi connectivity index (χ2v) is 11.2. The Hall–Kier alpha value is -3.17. The number of hydrazone groups is 1. The number of benzene rings is 2. The first-order valence-electron chi connectivity index (χ1n) is 12.9. The van der Waals surface area contributed by atoms with Gasteiger partial charge in [-0.1, -0.05) is 93.2 Å². The molecule has 0 spiro atoms. The van der Waals surface area contributed by atoms with E-state index in [-0.39, 0.29) is 18.6 Å². The summed E-state index contributed by atoms with van der Waals surface area (Å²) in [5.41, 5.74) is 1.57. The topological polar surface area (TPSA) is 97.3 Å². The number of carbonyl (C=O) groups excluding carboxylic acids is 3. The lowest BCUT2D eigenvalue weighted by atomic mass is 9.99. The van der Waals surface area contributed by atoms with Crippen LogP contribution in [0.3, 0.4) is 0 Å². The summed E-state index contributed by atoms with van der Waals surface area (Å²) in [5.74, 6) is -1.39. The van der Waals surface area contributed by atoms with E-state index in [1.165, 1.54) is 16.8 Å². The van der Waals surface area contributed by atoms with Crippen LogP contribution < -0.4 is 5.32 Å². The van der Waals surface area contributed by atoms with Crippen LogP contribution in [0.1, 0.15) is 52.2 Å². The van der Waals surface area contributed by atoms with Crippen molar-refractivity contribution in [1.82, 2.24) is 10.3 Å². The van der Waals surface area contributed by atoms with Gasteiger partial charge in [-0.05, 0) is 37.8 Å². The normalized spacial score (nSPS) is 16.9. The van der Waals surface area contributed by atoms with Crippen molar-refractivity contribution in [3.63, 3.8) is 0 Å². The monoisotopic (exact) mass is 539 g/mol. The van der Waals surface area contributed by atoms with Crippen molar-refractivity contribution in [2.75, 3.05) is 6.61 Å². The molecule has 3 atom stereocenters. The van der Waals surface area contributed by atoms with Gasteiger partial charge in [-0.15, -0.1) is 0 Å². The molecule has 0 saturated heterocycles. The van der Waals surface area contributed by atoms with Crippen LogP contribution in [0.15, 0.2) is 65.8 Å². The van der Waals surface area contributed by atoms with Crippen LogP contribution in [-0.2, 0) is 36.9 Å². The SMILES string of the molecule is CCOC(=O)[C@H](CCc1ccccc1)N[C@@H](C)C(=O)N1N=C(C(C)(C)C)S[C@H]1C(=O)OCc1ccccc1. The lowest BCUT2D eigenvalue weighted by Crippen LogP contribution is -2.52. The summed E-state index contributed by atoms with van der Waals surface area (Å²) in [4.78, 5) is 39.4. The number of amides is 1. The molecule has 0 saturated carbocycles. The molecule has 1 heterocycles. The Bertz CT molecular complexity index is 1120. The predicted molar refractivity (Wildman–Crippen MR) is 149 cm³/mol. The summed E-state index contributed by atoms with van der Waals surface area (Å²) >= 11 is 1.22. The molecular formula is C29H37N3O5S. The van der Waals surface area contributed by atoms with Crippen LogP contribution in [0, 0.1) is 5.41 Å². The fourth-order valence-electron chi connectivity index (χ4n) is 3.81. The van der Waals surface area contributed by atoms with Gasteiger partial charge >= 0.3 is 11.9 Å². The molecule has 0 fully saturated rings. The number of thioether (sulfide) groups is 1. The van der Waals surface area contributed by atoms with Gasteiger partial charge in [0.05, 0.1) is 12.6 Å². The molecule has 0 radical (unpaired) electrons. The molecule has 204 valence electrons.